The van der Waals surface area contributed by atoms with E-state index in [1.165, 1.54) is 0 Å². The van der Waals surface area contributed by atoms with Crippen LogP contribution in [0.3, 0.4) is 0 Å². The van der Waals surface area contributed by atoms with Gasteiger partial charge in [0.25, 0.3) is 0 Å². The number of hydrogen-bond acceptors (Lipinski definition) is 4. The fourth-order valence-electron chi connectivity index (χ4n) is 2.60. The van der Waals surface area contributed by atoms with E-state index < -0.39 is 6.04 Å². The monoisotopic (exact) mass is 305 g/mol. The van der Waals surface area contributed by atoms with Gasteiger partial charge >= 0.3 is 0 Å². The molecule has 0 aromatic heterocycles. The Bertz CT molecular complexity index is 533. The molecule has 2 N–H and O–H groups in total. The van der Waals surface area contributed by atoms with Crippen LogP contribution in [0.4, 0.5) is 0 Å². The van der Waals surface area contributed by atoms with Crippen LogP contribution in [0.5, 0.6) is 5.75 Å². The maximum Gasteiger partial charge on any atom is 0.237 e. The number of carbonyl (C=O) groups excluding carboxylic acids is 2. The van der Waals surface area contributed by atoms with E-state index in [1.54, 1.807) is 7.05 Å². The first-order chi connectivity index (χ1) is 10.7. The Balaban J connectivity index is 2.14. The van der Waals surface area contributed by atoms with E-state index in [2.05, 4.69) is 10.6 Å². The normalized spacial score (nSPS) is 18.6. The quantitative estimate of drug-likeness (QED) is 0.804. The van der Waals surface area contributed by atoms with Crippen LogP contribution < -0.4 is 15.4 Å². The summed E-state index contributed by atoms with van der Waals surface area (Å²) >= 11 is 0. The van der Waals surface area contributed by atoms with E-state index in [-0.39, 0.29) is 18.2 Å². The van der Waals surface area contributed by atoms with Crippen molar-refractivity contribution in [2.75, 3.05) is 26.7 Å². The molecule has 2 amide bonds. The number of ether oxygens (including phenoxy) is 1. The number of para-hydroxylation sites is 1. The van der Waals surface area contributed by atoms with Crippen LogP contribution in [-0.4, -0.2) is 49.5 Å². The zero-order chi connectivity index (χ0) is 15.9. The smallest absolute Gasteiger partial charge is 0.237 e. The predicted molar refractivity (Wildman–Crippen MR) is 83.5 cm³/mol. The van der Waals surface area contributed by atoms with Gasteiger partial charge in [-0.2, -0.15) is 0 Å². The summed E-state index contributed by atoms with van der Waals surface area (Å²) in [6.45, 7) is 4.44. The number of amides is 2. The van der Waals surface area contributed by atoms with Gasteiger partial charge < -0.3 is 15.4 Å². The molecule has 1 aliphatic heterocycles. The molecular weight excluding hydrogens is 282 g/mol. The lowest BCUT2D eigenvalue weighted by molar-refractivity contribution is -0.134. The Hall–Kier alpha value is -2.08. The predicted octanol–water partition coefficient (Wildman–Crippen LogP) is 0.522. The molecule has 1 atom stereocenters. The van der Waals surface area contributed by atoms with Crippen molar-refractivity contribution >= 4 is 11.8 Å². The van der Waals surface area contributed by atoms with Gasteiger partial charge in [-0.1, -0.05) is 18.2 Å². The van der Waals surface area contributed by atoms with E-state index >= 15 is 0 Å². The van der Waals surface area contributed by atoms with Crippen molar-refractivity contribution in [1.29, 1.82) is 0 Å². The standard InChI is InChI=1S/C16H23N3O3/c1-3-22-14-7-5-4-6-12(14)11-19-9-8-18-16(21)13(19)10-15(20)17-2/h4-7,13H,3,8-11H2,1-2H3,(H,17,20)(H,18,21)/t13-/m1/s1. The molecule has 1 aliphatic rings. The fourth-order valence-corrected chi connectivity index (χ4v) is 2.60. The van der Waals surface area contributed by atoms with Crippen molar-refractivity contribution < 1.29 is 14.3 Å². The number of hydrogen-bond donors (Lipinski definition) is 2. The fraction of sp³-hybridized carbons (Fsp3) is 0.500. The van der Waals surface area contributed by atoms with Gasteiger partial charge in [0.05, 0.1) is 19.1 Å². The molecule has 6 heteroatoms. The molecule has 22 heavy (non-hydrogen) atoms. The lowest BCUT2D eigenvalue weighted by Crippen LogP contribution is -2.56. The third kappa shape index (κ3) is 3.98. The molecule has 1 fully saturated rings. The molecule has 0 spiro atoms. The molecule has 1 heterocycles. The Labute approximate surface area is 130 Å². The zero-order valence-corrected chi connectivity index (χ0v) is 13.1. The maximum absolute atomic E-state index is 12.1. The van der Waals surface area contributed by atoms with E-state index in [4.69, 9.17) is 4.74 Å². The highest BCUT2D eigenvalue weighted by molar-refractivity contribution is 5.88. The van der Waals surface area contributed by atoms with Crippen LogP contribution in [-0.2, 0) is 16.1 Å². The van der Waals surface area contributed by atoms with Crippen LogP contribution in [0.1, 0.15) is 18.9 Å². The summed E-state index contributed by atoms with van der Waals surface area (Å²) in [7, 11) is 1.58. The summed E-state index contributed by atoms with van der Waals surface area (Å²) in [6.07, 6.45) is 0.166. The summed E-state index contributed by atoms with van der Waals surface area (Å²) in [5, 5.41) is 5.40. The molecule has 0 radical (unpaired) electrons. The van der Waals surface area contributed by atoms with Crippen molar-refractivity contribution in [3.8, 4) is 5.75 Å². The third-order valence-corrected chi connectivity index (χ3v) is 3.75. The zero-order valence-electron chi connectivity index (χ0n) is 13.1. The van der Waals surface area contributed by atoms with Crippen LogP contribution in [0.2, 0.25) is 0 Å². The average Bonchev–Trinajstić information content (AvgIpc) is 2.52. The second-order valence-electron chi connectivity index (χ2n) is 5.20. The first kappa shape index (κ1) is 16.3. The van der Waals surface area contributed by atoms with Crippen molar-refractivity contribution in [3.05, 3.63) is 29.8 Å². The molecule has 6 nitrogen and oxygen atoms in total. The van der Waals surface area contributed by atoms with Gasteiger partial charge in [-0.15, -0.1) is 0 Å². The Kier molecular flexibility index (Phi) is 5.77. The van der Waals surface area contributed by atoms with E-state index in [1.807, 2.05) is 36.1 Å². The van der Waals surface area contributed by atoms with Gasteiger partial charge in [-0.05, 0) is 13.0 Å². The molecule has 0 unspecified atom stereocenters. The average molecular weight is 305 g/mol. The lowest BCUT2D eigenvalue weighted by Gasteiger charge is -2.34. The van der Waals surface area contributed by atoms with Crippen molar-refractivity contribution in [2.24, 2.45) is 0 Å². The molecular formula is C16H23N3O3. The topological polar surface area (TPSA) is 70.7 Å². The summed E-state index contributed by atoms with van der Waals surface area (Å²) in [6, 6.07) is 7.36. The number of benzene rings is 1. The highest BCUT2D eigenvalue weighted by Gasteiger charge is 2.31. The molecule has 0 saturated carbocycles. The van der Waals surface area contributed by atoms with Crippen LogP contribution in [0, 0.1) is 0 Å². The van der Waals surface area contributed by atoms with Gasteiger partial charge in [-0.25, -0.2) is 0 Å². The molecule has 0 aliphatic carbocycles. The van der Waals surface area contributed by atoms with Crippen LogP contribution >= 0.6 is 0 Å². The van der Waals surface area contributed by atoms with Gasteiger partial charge in [-0.3, -0.25) is 14.5 Å². The number of piperazine rings is 1. The molecule has 2 rings (SSSR count). The van der Waals surface area contributed by atoms with E-state index in [0.717, 1.165) is 11.3 Å². The number of nitrogens with zero attached hydrogens (tertiary/aromatic N) is 1. The van der Waals surface area contributed by atoms with Crippen molar-refractivity contribution in [3.63, 3.8) is 0 Å². The minimum Gasteiger partial charge on any atom is -0.494 e. The number of rotatable bonds is 6. The van der Waals surface area contributed by atoms with Gasteiger partial charge in [0.1, 0.15) is 5.75 Å². The van der Waals surface area contributed by atoms with E-state index in [9.17, 15) is 9.59 Å². The Morgan fingerprint density at radius 3 is 2.95 bits per heavy atom. The Morgan fingerprint density at radius 2 is 2.23 bits per heavy atom. The van der Waals surface area contributed by atoms with Crippen LogP contribution in [0.15, 0.2) is 24.3 Å². The van der Waals surface area contributed by atoms with Gasteiger partial charge in [0, 0.05) is 32.2 Å². The van der Waals surface area contributed by atoms with Gasteiger partial charge in [0.2, 0.25) is 11.8 Å². The maximum atomic E-state index is 12.1. The highest BCUT2D eigenvalue weighted by Crippen LogP contribution is 2.22. The summed E-state index contributed by atoms with van der Waals surface area (Å²) in [4.78, 5) is 25.8. The number of nitrogens with one attached hydrogen (secondary N) is 2. The van der Waals surface area contributed by atoms with E-state index in [0.29, 0.717) is 26.2 Å². The SMILES string of the molecule is CCOc1ccccc1CN1CCNC(=O)[C@H]1CC(=O)NC. The first-order valence-electron chi connectivity index (χ1n) is 7.58. The number of carbonyl (C=O) groups is 2. The lowest BCUT2D eigenvalue weighted by atomic mass is 10.1. The largest absolute Gasteiger partial charge is 0.494 e. The molecule has 1 aromatic rings. The molecule has 0 bridgehead atoms. The second-order valence-corrected chi connectivity index (χ2v) is 5.20. The summed E-state index contributed by atoms with van der Waals surface area (Å²) in [5.41, 5.74) is 1.03. The Morgan fingerprint density at radius 1 is 1.45 bits per heavy atom. The summed E-state index contributed by atoms with van der Waals surface area (Å²) < 4.78 is 5.64. The third-order valence-electron chi connectivity index (χ3n) is 3.75. The van der Waals surface area contributed by atoms with Crippen LogP contribution in [0.25, 0.3) is 0 Å². The van der Waals surface area contributed by atoms with Crippen molar-refractivity contribution in [2.45, 2.75) is 25.9 Å². The first-order valence-corrected chi connectivity index (χ1v) is 7.58. The molecule has 1 aromatic carbocycles. The molecule has 120 valence electrons. The molecule has 1 saturated heterocycles. The van der Waals surface area contributed by atoms with Crippen molar-refractivity contribution in [1.82, 2.24) is 15.5 Å². The second kappa shape index (κ2) is 7.79. The summed E-state index contributed by atoms with van der Waals surface area (Å²) in [5.74, 6) is 0.601. The highest BCUT2D eigenvalue weighted by atomic mass is 16.5. The minimum absolute atomic E-state index is 0.0938. The minimum atomic E-state index is -0.441. The van der Waals surface area contributed by atoms with Gasteiger partial charge in [0.15, 0.2) is 0 Å².